The molecule has 88 valence electrons. The van der Waals surface area contributed by atoms with E-state index in [-0.39, 0.29) is 18.2 Å². The third-order valence-electron chi connectivity index (χ3n) is 2.82. The number of thiophene rings is 1. The number of carbonyl (C=O) groups is 1. The number of nitrogens with one attached hydrogen (secondary N) is 1. The van der Waals surface area contributed by atoms with Gasteiger partial charge in [0.25, 0.3) is 0 Å². The summed E-state index contributed by atoms with van der Waals surface area (Å²) in [5.41, 5.74) is 0. The van der Waals surface area contributed by atoms with Gasteiger partial charge in [-0.3, -0.25) is 10.1 Å². The Labute approximate surface area is 98.2 Å². The Morgan fingerprint density at radius 3 is 2.88 bits per heavy atom. The second-order valence-corrected chi connectivity index (χ2v) is 5.03. The van der Waals surface area contributed by atoms with Crippen LogP contribution < -0.4 is 5.32 Å². The predicted molar refractivity (Wildman–Crippen MR) is 61.6 cm³/mol. The Morgan fingerprint density at radius 2 is 2.31 bits per heavy atom. The van der Waals surface area contributed by atoms with Gasteiger partial charge in [0.05, 0.1) is 6.10 Å². The first-order valence-electron chi connectivity index (χ1n) is 5.27. The van der Waals surface area contributed by atoms with Crippen LogP contribution in [0.3, 0.4) is 0 Å². The number of carboxylic acids is 1. The van der Waals surface area contributed by atoms with Crippen molar-refractivity contribution in [1.82, 2.24) is 5.32 Å². The van der Waals surface area contributed by atoms with E-state index in [2.05, 4.69) is 5.32 Å². The third kappa shape index (κ3) is 2.11. The molecule has 1 aliphatic rings. The van der Waals surface area contributed by atoms with Gasteiger partial charge >= 0.3 is 5.97 Å². The van der Waals surface area contributed by atoms with E-state index in [1.165, 1.54) is 0 Å². The average molecular weight is 241 g/mol. The van der Waals surface area contributed by atoms with Crippen LogP contribution in [0.5, 0.6) is 0 Å². The number of ether oxygens (including phenoxy) is 1. The highest BCUT2D eigenvalue weighted by Crippen LogP contribution is 2.31. The van der Waals surface area contributed by atoms with Crippen molar-refractivity contribution >= 4 is 17.3 Å². The maximum atomic E-state index is 11.0. The molecule has 0 saturated carbocycles. The normalized spacial score (nSPS) is 34.9. The molecule has 2 heterocycles. The van der Waals surface area contributed by atoms with Gasteiger partial charge in [0.1, 0.15) is 12.1 Å². The fraction of sp³-hybridized carbons (Fsp3) is 0.545. The summed E-state index contributed by atoms with van der Waals surface area (Å²) in [5.74, 6) is -0.857. The van der Waals surface area contributed by atoms with Crippen molar-refractivity contribution in [3.8, 4) is 0 Å². The highest BCUT2D eigenvalue weighted by atomic mass is 32.1. The van der Waals surface area contributed by atoms with E-state index in [4.69, 9.17) is 9.84 Å². The lowest BCUT2D eigenvalue weighted by Gasteiger charge is -2.37. The second-order valence-electron chi connectivity index (χ2n) is 4.05. The molecule has 0 radical (unpaired) electrons. The quantitative estimate of drug-likeness (QED) is 0.826. The lowest BCUT2D eigenvalue weighted by molar-refractivity contribution is -0.152. The van der Waals surface area contributed by atoms with Crippen molar-refractivity contribution in [2.45, 2.75) is 38.1 Å². The van der Waals surface area contributed by atoms with E-state index < -0.39 is 12.0 Å². The van der Waals surface area contributed by atoms with Gasteiger partial charge in [-0.05, 0) is 25.3 Å². The van der Waals surface area contributed by atoms with Gasteiger partial charge in [0.15, 0.2) is 0 Å². The topological polar surface area (TPSA) is 58.6 Å². The molecule has 0 aromatic carbocycles. The lowest BCUT2D eigenvalue weighted by atomic mass is 10.0. The molecule has 16 heavy (non-hydrogen) atoms. The van der Waals surface area contributed by atoms with Crippen LogP contribution in [0, 0.1) is 0 Å². The second kappa shape index (κ2) is 4.53. The molecule has 5 heteroatoms. The molecule has 4 atom stereocenters. The molecule has 1 aromatic heterocycles. The Kier molecular flexibility index (Phi) is 3.28. The minimum Gasteiger partial charge on any atom is -0.480 e. The molecule has 0 amide bonds. The van der Waals surface area contributed by atoms with Crippen molar-refractivity contribution < 1.29 is 14.6 Å². The van der Waals surface area contributed by atoms with E-state index in [1.54, 1.807) is 18.3 Å². The van der Waals surface area contributed by atoms with Crippen molar-refractivity contribution in [3.05, 3.63) is 22.4 Å². The van der Waals surface area contributed by atoms with E-state index in [0.29, 0.717) is 0 Å². The molecule has 1 aromatic rings. The number of rotatable bonds is 2. The molecule has 0 spiro atoms. The van der Waals surface area contributed by atoms with Crippen LogP contribution >= 0.6 is 11.3 Å². The average Bonchev–Trinajstić information content (AvgIpc) is 2.73. The van der Waals surface area contributed by atoms with Crippen LogP contribution in [0.25, 0.3) is 0 Å². The summed E-state index contributed by atoms with van der Waals surface area (Å²) >= 11 is 1.63. The summed E-state index contributed by atoms with van der Waals surface area (Å²) in [4.78, 5) is 12.1. The largest absolute Gasteiger partial charge is 0.480 e. The highest BCUT2D eigenvalue weighted by molar-refractivity contribution is 7.10. The van der Waals surface area contributed by atoms with Gasteiger partial charge in [0.2, 0.25) is 0 Å². The van der Waals surface area contributed by atoms with Crippen molar-refractivity contribution in [3.63, 3.8) is 0 Å². The fourth-order valence-corrected chi connectivity index (χ4v) is 2.84. The third-order valence-corrected chi connectivity index (χ3v) is 3.75. The lowest BCUT2D eigenvalue weighted by Crippen LogP contribution is -2.56. The molecule has 1 aliphatic heterocycles. The van der Waals surface area contributed by atoms with Gasteiger partial charge in [-0.2, -0.15) is 0 Å². The Balaban J connectivity index is 2.13. The van der Waals surface area contributed by atoms with Crippen molar-refractivity contribution in [1.29, 1.82) is 0 Å². The molecular formula is C11H15NO3S. The monoisotopic (exact) mass is 241 g/mol. The first-order valence-corrected chi connectivity index (χ1v) is 6.15. The molecular weight excluding hydrogens is 226 g/mol. The summed E-state index contributed by atoms with van der Waals surface area (Å²) < 4.78 is 5.78. The smallest absolute Gasteiger partial charge is 0.323 e. The zero-order chi connectivity index (χ0) is 11.7. The molecule has 1 saturated heterocycles. The number of carboxylic acid groups (broad SMARTS) is 1. The molecule has 2 rings (SSSR count). The van der Waals surface area contributed by atoms with Crippen LogP contribution in [0.2, 0.25) is 0 Å². The molecule has 0 bridgehead atoms. The summed E-state index contributed by atoms with van der Waals surface area (Å²) in [7, 11) is 0. The highest BCUT2D eigenvalue weighted by Gasteiger charge is 2.37. The predicted octanol–water partition coefficient (Wildman–Crippen LogP) is 1.64. The fourth-order valence-electron chi connectivity index (χ4n) is 1.97. The van der Waals surface area contributed by atoms with Crippen LogP contribution in [-0.2, 0) is 9.53 Å². The SMILES string of the molecule is CC1NC(C(=O)O)C(C)OC1c1cccs1. The first kappa shape index (κ1) is 11.6. The molecule has 4 nitrogen and oxygen atoms in total. The van der Waals surface area contributed by atoms with Crippen LogP contribution in [0.15, 0.2) is 17.5 Å². The van der Waals surface area contributed by atoms with Gasteiger partial charge in [0, 0.05) is 10.9 Å². The number of hydrogen-bond donors (Lipinski definition) is 2. The van der Waals surface area contributed by atoms with Gasteiger partial charge in [-0.15, -0.1) is 11.3 Å². The standard InChI is InChI=1S/C11H15NO3S/c1-6-10(8-4-3-5-16-8)15-7(2)9(12-6)11(13)14/h3-7,9-10,12H,1-2H3,(H,13,14). The summed E-state index contributed by atoms with van der Waals surface area (Å²) in [6.07, 6.45) is -0.369. The van der Waals surface area contributed by atoms with Crippen molar-refractivity contribution in [2.24, 2.45) is 0 Å². The van der Waals surface area contributed by atoms with Crippen LogP contribution in [-0.4, -0.2) is 29.3 Å². The van der Waals surface area contributed by atoms with E-state index in [1.807, 2.05) is 24.4 Å². The minimum absolute atomic E-state index is 0.0101. The maximum Gasteiger partial charge on any atom is 0.323 e. The maximum absolute atomic E-state index is 11.0. The molecule has 0 aliphatic carbocycles. The van der Waals surface area contributed by atoms with E-state index >= 15 is 0 Å². The summed E-state index contributed by atoms with van der Waals surface area (Å²) in [5, 5.41) is 14.1. The van der Waals surface area contributed by atoms with Crippen molar-refractivity contribution in [2.75, 3.05) is 0 Å². The van der Waals surface area contributed by atoms with E-state index in [0.717, 1.165) is 4.88 Å². The van der Waals surface area contributed by atoms with Gasteiger partial charge in [-0.1, -0.05) is 6.07 Å². The number of hydrogen-bond acceptors (Lipinski definition) is 4. The number of morpholine rings is 1. The van der Waals surface area contributed by atoms with Gasteiger partial charge in [-0.25, -0.2) is 0 Å². The molecule has 1 fully saturated rings. The van der Waals surface area contributed by atoms with Crippen LogP contribution in [0.1, 0.15) is 24.8 Å². The zero-order valence-corrected chi connectivity index (χ0v) is 10.0. The summed E-state index contributed by atoms with van der Waals surface area (Å²) in [6.45, 7) is 3.74. The van der Waals surface area contributed by atoms with Gasteiger partial charge < -0.3 is 9.84 Å². The minimum atomic E-state index is -0.857. The zero-order valence-electron chi connectivity index (χ0n) is 9.21. The first-order chi connectivity index (χ1) is 7.59. The Morgan fingerprint density at radius 1 is 1.56 bits per heavy atom. The molecule has 4 unspecified atom stereocenters. The number of aliphatic carboxylic acids is 1. The Bertz CT molecular complexity index is 365. The summed E-state index contributed by atoms with van der Waals surface area (Å²) in [6, 6.07) is 3.38. The molecule has 2 N–H and O–H groups in total. The Hall–Kier alpha value is -0.910. The van der Waals surface area contributed by atoms with Crippen LogP contribution in [0.4, 0.5) is 0 Å². The van der Waals surface area contributed by atoms with E-state index in [9.17, 15) is 4.79 Å².